The van der Waals surface area contributed by atoms with Crippen molar-refractivity contribution in [2.24, 2.45) is 40.5 Å². The van der Waals surface area contributed by atoms with E-state index in [-0.39, 0.29) is 11.1 Å². The van der Waals surface area contributed by atoms with Crippen molar-refractivity contribution >= 4 is 17.4 Å². The Morgan fingerprint density at radius 3 is 2.72 bits per heavy atom. The molecule has 0 aromatic heterocycles. The molecule has 3 fully saturated rings. The number of rotatable bonds is 4. The maximum atomic E-state index is 5.11. The summed E-state index contributed by atoms with van der Waals surface area (Å²) in [5.41, 5.74) is 1.55. The summed E-state index contributed by atoms with van der Waals surface area (Å²) in [5, 5.41) is 7.73. The van der Waals surface area contributed by atoms with E-state index >= 15 is 0 Å². The molecule has 0 amide bonds. The van der Waals surface area contributed by atoms with E-state index in [0.29, 0.717) is 23.7 Å². The average Bonchev–Trinajstić information content (AvgIpc) is 2.54. The summed E-state index contributed by atoms with van der Waals surface area (Å²) in [7, 11) is 2.08. The number of isothiocyanates is 1. The fourth-order valence-corrected chi connectivity index (χ4v) is 7.16. The maximum absolute atomic E-state index is 5.11. The van der Waals surface area contributed by atoms with Crippen molar-refractivity contribution in [2.75, 3.05) is 7.05 Å². The topological polar surface area (TPSA) is 26.5 Å². The van der Waals surface area contributed by atoms with Gasteiger partial charge < -0.3 is 5.32 Å². The molecule has 7 atom stereocenters. The van der Waals surface area contributed by atoms with Crippen LogP contribution in [-0.2, 0) is 0 Å². The van der Waals surface area contributed by atoms with Crippen LogP contribution in [0.1, 0.15) is 66.2 Å². The summed E-state index contributed by atoms with van der Waals surface area (Å²) in [6.45, 7) is 13.9. The lowest BCUT2D eigenvalue weighted by Crippen LogP contribution is -2.60. The number of thiocarbonyl (C=S) groups is 1. The second kappa shape index (κ2) is 6.91. The highest BCUT2D eigenvalue weighted by Crippen LogP contribution is 2.63. The first-order valence-corrected chi connectivity index (χ1v) is 10.5. The molecule has 0 aromatic rings. The van der Waals surface area contributed by atoms with Crippen molar-refractivity contribution in [2.45, 2.75) is 77.3 Å². The predicted molar refractivity (Wildman–Crippen MR) is 110 cm³/mol. The van der Waals surface area contributed by atoms with E-state index in [2.05, 4.69) is 51.5 Å². The number of aliphatic imine (C=N–C) groups is 1. The van der Waals surface area contributed by atoms with Gasteiger partial charge in [0.1, 0.15) is 0 Å². The van der Waals surface area contributed by atoms with Crippen LogP contribution in [0.2, 0.25) is 0 Å². The molecule has 0 aromatic carbocycles. The molecule has 0 saturated heterocycles. The Morgan fingerprint density at radius 2 is 2.08 bits per heavy atom. The summed E-state index contributed by atoms with van der Waals surface area (Å²) >= 11 is 4.90. The van der Waals surface area contributed by atoms with Crippen molar-refractivity contribution in [1.29, 1.82) is 0 Å². The second-order valence-electron chi connectivity index (χ2n) is 9.76. The zero-order valence-electron chi connectivity index (χ0n) is 16.7. The van der Waals surface area contributed by atoms with Crippen LogP contribution in [0, 0.1) is 35.5 Å². The Hall–Kier alpha value is -0.500. The molecular formula is C22H35N2S-. The highest BCUT2D eigenvalue weighted by molar-refractivity contribution is 7.78. The molecular weight excluding hydrogens is 324 g/mol. The molecule has 0 heterocycles. The summed E-state index contributed by atoms with van der Waals surface area (Å²) in [4.78, 5) is 4.47. The Morgan fingerprint density at radius 1 is 1.36 bits per heavy atom. The van der Waals surface area contributed by atoms with Gasteiger partial charge in [0.05, 0.1) is 10.7 Å². The highest BCUT2D eigenvalue weighted by atomic mass is 32.1. The highest BCUT2D eigenvalue weighted by Gasteiger charge is 2.55. The first kappa shape index (κ1) is 19.3. The Kier molecular flexibility index (Phi) is 5.32. The van der Waals surface area contributed by atoms with Crippen LogP contribution in [0.5, 0.6) is 0 Å². The molecule has 0 aliphatic heterocycles. The van der Waals surface area contributed by atoms with Crippen LogP contribution in [-0.4, -0.2) is 23.3 Å². The fraction of sp³-hybridized carbons (Fsp3) is 0.864. The third-order valence-corrected chi connectivity index (χ3v) is 8.06. The van der Waals surface area contributed by atoms with Gasteiger partial charge in [0, 0.05) is 0 Å². The monoisotopic (exact) mass is 359 g/mol. The van der Waals surface area contributed by atoms with Crippen LogP contribution in [0.25, 0.3) is 5.32 Å². The van der Waals surface area contributed by atoms with Crippen LogP contribution in [0.3, 0.4) is 0 Å². The maximum Gasteiger partial charge on any atom is 0.0657 e. The lowest BCUT2D eigenvalue weighted by atomic mass is 9.44. The summed E-state index contributed by atoms with van der Waals surface area (Å²) in [6.07, 6.45) is 7.46. The molecule has 0 bridgehead atoms. The Balaban J connectivity index is 1.99. The van der Waals surface area contributed by atoms with Gasteiger partial charge in [-0.2, -0.15) is 7.05 Å². The minimum absolute atomic E-state index is 0.122. The molecule has 2 nitrogen and oxygen atoms in total. The second-order valence-corrected chi connectivity index (χ2v) is 9.94. The van der Waals surface area contributed by atoms with Gasteiger partial charge >= 0.3 is 0 Å². The largest absolute Gasteiger partial charge is 0.659 e. The molecule has 0 radical (unpaired) electrons. The molecule has 25 heavy (non-hydrogen) atoms. The standard InChI is InChI=1S/C22H35N2S/c1-14-9-10-22(23-6)16(3)7-8-18-15(2)11-17(19(14)20(18)22)12-21(4,5)24-13-25/h15-20H,1,7-12H2,2-6H3/q-1. The molecule has 3 aliphatic carbocycles. The van der Waals surface area contributed by atoms with Gasteiger partial charge in [-0.05, 0) is 81.3 Å². The van der Waals surface area contributed by atoms with E-state index < -0.39 is 0 Å². The summed E-state index contributed by atoms with van der Waals surface area (Å²) in [6, 6.07) is 0. The first-order chi connectivity index (χ1) is 11.8. The lowest BCUT2D eigenvalue weighted by molar-refractivity contribution is -0.0575. The molecule has 7 unspecified atom stereocenters. The molecule has 0 spiro atoms. The smallest absolute Gasteiger partial charge is 0.0657 e. The molecule has 140 valence electrons. The SMILES string of the molecule is C=C1CCC2([N-]C)C(C)CCC3C(C)CC(CC(C)(C)N=C=S)C1C32. The predicted octanol–water partition coefficient (Wildman–Crippen LogP) is 6.28. The normalized spacial score (nSPS) is 44.0. The van der Waals surface area contributed by atoms with E-state index in [1.807, 2.05) is 0 Å². The minimum Gasteiger partial charge on any atom is -0.659 e. The fourth-order valence-electron chi connectivity index (χ4n) is 6.91. The Labute approximate surface area is 159 Å². The van der Waals surface area contributed by atoms with Gasteiger partial charge in [0.15, 0.2) is 0 Å². The van der Waals surface area contributed by atoms with Crippen molar-refractivity contribution < 1.29 is 0 Å². The Bertz CT molecular complexity index is 577. The number of hydrogen-bond acceptors (Lipinski definition) is 2. The molecule has 3 rings (SSSR count). The van der Waals surface area contributed by atoms with E-state index in [9.17, 15) is 0 Å². The molecule has 3 aliphatic rings. The van der Waals surface area contributed by atoms with E-state index in [4.69, 9.17) is 17.5 Å². The van der Waals surface area contributed by atoms with Gasteiger partial charge in [0.2, 0.25) is 0 Å². The zero-order chi connectivity index (χ0) is 18.4. The third-order valence-electron chi connectivity index (χ3n) is 7.97. The van der Waals surface area contributed by atoms with Crippen LogP contribution < -0.4 is 0 Å². The van der Waals surface area contributed by atoms with Gasteiger partial charge in [-0.15, -0.1) is 5.54 Å². The van der Waals surface area contributed by atoms with E-state index in [1.165, 1.54) is 31.3 Å². The third kappa shape index (κ3) is 3.17. The van der Waals surface area contributed by atoms with Gasteiger partial charge in [-0.25, -0.2) is 4.99 Å². The lowest BCUT2D eigenvalue weighted by Gasteiger charge is -2.69. The van der Waals surface area contributed by atoms with Gasteiger partial charge in [-0.1, -0.05) is 44.8 Å². The van der Waals surface area contributed by atoms with E-state index in [0.717, 1.165) is 24.7 Å². The quantitative estimate of drug-likeness (QED) is 0.329. The summed E-state index contributed by atoms with van der Waals surface area (Å²) < 4.78 is 0. The van der Waals surface area contributed by atoms with Crippen molar-refractivity contribution in [3.8, 4) is 0 Å². The zero-order valence-corrected chi connectivity index (χ0v) is 17.5. The summed E-state index contributed by atoms with van der Waals surface area (Å²) in [5.74, 6) is 4.24. The average molecular weight is 360 g/mol. The van der Waals surface area contributed by atoms with Crippen LogP contribution in [0.15, 0.2) is 17.1 Å². The minimum atomic E-state index is -0.122. The van der Waals surface area contributed by atoms with Crippen molar-refractivity contribution in [1.82, 2.24) is 0 Å². The van der Waals surface area contributed by atoms with Gasteiger partial charge in [-0.3, -0.25) is 0 Å². The number of hydrogen-bond donors (Lipinski definition) is 0. The van der Waals surface area contributed by atoms with Gasteiger partial charge in [0.25, 0.3) is 0 Å². The van der Waals surface area contributed by atoms with E-state index in [1.54, 1.807) is 0 Å². The van der Waals surface area contributed by atoms with Crippen molar-refractivity contribution in [3.63, 3.8) is 0 Å². The van der Waals surface area contributed by atoms with Crippen molar-refractivity contribution in [3.05, 3.63) is 17.5 Å². The molecule has 3 saturated carbocycles. The number of allylic oxidation sites excluding steroid dienone is 1. The number of nitrogens with zero attached hydrogens (tertiary/aromatic N) is 2. The van der Waals surface area contributed by atoms with Crippen LogP contribution in [0.4, 0.5) is 0 Å². The first-order valence-electron chi connectivity index (χ1n) is 10.1. The van der Waals surface area contributed by atoms with Crippen LogP contribution >= 0.6 is 12.2 Å². The molecule has 0 N–H and O–H groups in total. The molecule has 3 heteroatoms.